The first-order valence-corrected chi connectivity index (χ1v) is 10.7. The third kappa shape index (κ3) is 2.98. The Hall–Kier alpha value is -1.05. The van der Waals surface area contributed by atoms with Gasteiger partial charge in [-0.05, 0) is 59.4 Å². The van der Waals surface area contributed by atoms with Crippen molar-refractivity contribution in [1.29, 1.82) is 0 Å². The van der Waals surface area contributed by atoms with Crippen molar-refractivity contribution in [2.75, 3.05) is 0 Å². The summed E-state index contributed by atoms with van der Waals surface area (Å²) in [7, 11) is -1.21. The molecule has 4 heterocycles. The fourth-order valence-electron chi connectivity index (χ4n) is 4.13. The van der Waals surface area contributed by atoms with Crippen molar-refractivity contribution in [2.45, 2.75) is 75.1 Å². The molecule has 0 N–H and O–H groups in total. The lowest BCUT2D eigenvalue weighted by Gasteiger charge is -2.32. The van der Waals surface area contributed by atoms with Crippen molar-refractivity contribution in [3.63, 3.8) is 0 Å². The lowest BCUT2D eigenvalue weighted by Crippen LogP contribution is -2.41. The van der Waals surface area contributed by atoms with Gasteiger partial charge < -0.3 is 9.31 Å². The number of aromatic nitrogens is 1. The van der Waals surface area contributed by atoms with E-state index in [1.54, 1.807) is 12.3 Å². The van der Waals surface area contributed by atoms with E-state index < -0.39 is 29.1 Å². The van der Waals surface area contributed by atoms with E-state index in [2.05, 4.69) is 4.98 Å². The van der Waals surface area contributed by atoms with Crippen LogP contribution >= 0.6 is 0 Å². The van der Waals surface area contributed by atoms with E-state index in [9.17, 15) is 9.00 Å². The highest BCUT2D eigenvalue weighted by atomic mass is 32.2. The maximum absolute atomic E-state index is 12.8. The fraction of sp³-hybridized carbons (Fsp3) is 0.684. The highest BCUT2D eigenvalue weighted by Crippen LogP contribution is 2.40. The predicted octanol–water partition coefficient (Wildman–Crippen LogP) is 2.25. The van der Waals surface area contributed by atoms with Crippen LogP contribution in [0.4, 0.5) is 0 Å². The Morgan fingerprint density at radius 2 is 1.69 bits per heavy atom. The summed E-state index contributed by atoms with van der Waals surface area (Å²) < 4.78 is 24.2. The number of rotatable bonds is 3. The topological polar surface area (TPSA) is 65.5 Å². The van der Waals surface area contributed by atoms with Gasteiger partial charge in [0.2, 0.25) is 0 Å². The average Bonchev–Trinajstić information content (AvgIpc) is 2.92. The Kier molecular flexibility index (Phi) is 4.40. The van der Waals surface area contributed by atoms with Gasteiger partial charge in [0.25, 0.3) is 0 Å². The molecule has 3 saturated heterocycles. The number of carbonyl (C=O) groups excluding carboxylic acids is 1. The summed E-state index contributed by atoms with van der Waals surface area (Å²) >= 11 is 0. The van der Waals surface area contributed by atoms with Gasteiger partial charge in [-0.15, -0.1) is 0 Å². The number of nitrogens with zero attached hydrogens (tertiary/aromatic N) is 1. The van der Waals surface area contributed by atoms with Crippen molar-refractivity contribution in [3.8, 4) is 0 Å². The van der Waals surface area contributed by atoms with E-state index >= 15 is 0 Å². The van der Waals surface area contributed by atoms with Crippen LogP contribution in [0.5, 0.6) is 0 Å². The maximum Gasteiger partial charge on any atom is 0.496 e. The number of Topliss-reactive ketones (excluding diaryl/α,β-unsaturated/α-hetero) is 1. The quantitative estimate of drug-likeness (QED) is 0.599. The lowest BCUT2D eigenvalue weighted by atomic mass is 9.80. The minimum atomic E-state index is -0.738. The van der Waals surface area contributed by atoms with Crippen LogP contribution in [0.25, 0.3) is 0 Å². The van der Waals surface area contributed by atoms with E-state index in [1.165, 1.54) is 0 Å². The van der Waals surface area contributed by atoms with Crippen LogP contribution in [0.3, 0.4) is 0 Å². The molecule has 0 amide bonds. The Bertz CT molecular complexity index is 716. The molecule has 0 spiro atoms. The molecule has 26 heavy (non-hydrogen) atoms. The molecule has 0 radical (unpaired) electrons. The minimum Gasteiger partial charge on any atom is -0.399 e. The lowest BCUT2D eigenvalue weighted by molar-refractivity contribution is 0.00578. The van der Waals surface area contributed by atoms with Gasteiger partial charge in [0.15, 0.2) is 5.78 Å². The zero-order chi connectivity index (χ0) is 18.7. The van der Waals surface area contributed by atoms with Gasteiger partial charge in [0, 0.05) is 38.9 Å². The second-order valence-corrected chi connectivity index (χ2v) is 10.7. The SMILES string of the molecule is CC1(C)OB(c2ccc(C(=O)C3CC4CCC(C3)S4=O)nc2)OC1(C)C. The van der Waals surface area contributed by atoms with Gasteiger partial charge in [0.05, 0.1) is 11.2 Å². The highest BCUT2D eigenvalue weighted by Gasteiger charge is 2.52. The highest BCUT2D eigenvalue weighted by molar-refractivity contribution is 7.86. The Morgan fingerprint density at radius 1 is 1.12 bits per heavy atom. The monoisotopic (exact) mass is 375 g/mol. The zero-order valence-corrected chi connectivity index (χ0v) is 16.7. The van der Waals surface area contributed by atoms with Crippen LogP contribution in [0.1, 0.15) is 63.9 Å². The van der Waals surface area contributed by atoms with Crippen LogP contribution in [0.15, 0.2) is 18.3 Å². The molecular formula is C19H26BNO4S. The molecule has 4 rings (SSSR count). The third-order valence-corrected chi connectivity index (χ3v) is 8.67. The predicted molar refractivity (Wildman–Crippen MR) is 102 cm³/mol. The van der Waals surface area contributed by atoms with Crippen LogP contribution in [-0.4, -0.2) is 43.8 Å². The largest absolute Gasteiger partial charge is 0.496 e. The second kappa shape index (κ2) is 6.25. The summed E-state index contributed by atoms with van der Waals surface area (Å²) in [6, 6.07) is 3.65. The van der Waals surface area contributed by atoms with Gasteiger partial charge >= 0.3 is 7.12 Å². The van der Waals surface area contributed by atoms with E-state index in [-0.39, 0.29) is 22.2 Å². The van der Waals surface area contributed by atoms with Crippen molar-refractivity contribution in [3.05, 3.63) is 24.0 Å². The summed E-state index contributed by atoms with van der Waals surface area (Å²) in [5.74, 6) is 0.0412. The summed E-state index contributed by atoms with van der Waals surface area (Å²) in [6.45, 7) is 8.05. The molecule has 3 aliphatic heterocycles. The molecule has 1 aromatic rings. The summed E-state index contributed by atoms with van der Waals surface area (Å²) in [5, 5.41) is 0.401. The number of hydrogen-bond donors (Lipinski definition) is 0. The first kappa shape index (κ1) is 18.3. The minimum absolute atomic E-state index is 0.0413. The third-order valence-electron chi connectivity index (χ3n) is 6.50. The maximum atomic E-state index is 12.8. The zero-order valence-electron chi connectivity index (χ0n) is 15.9. The molecule has 140 valence electrons. The van der Waals surface area contributed by atoms with Gasteiger partial charge in [-0.25, -0.2) is 0 Å². The van der Waals surface area contributed by atoms with Gasteiger partial charge in [-0.1, -0.05) is 6.07 Å². The molecule has 2 bridgehead atoms. The molecule has 0 aliphatic carbocycles. The molecule has 0 aromatic carbocycles. The molecular weight excluding hydrogens is 349 g/mol. The number of hydrogen-bond acceptors (Lipinski definition) is 5. The van der Waals surface area contributed by atoms with Crippen LogP contribution in [-0.2, 0) is 20.1 Å². The molecule has 2 atom stereocenters. The molecule has 0 saturated carbocycles. The number of fused-ring (bicyclic) bond motifs is 2. The van der Waals surface area contributed by atoms with Crippen LogP contribution in [0, 0.1) is 5.92 Å². The van der Waals surface area contributed by atoms with Crippen molar-refractivity contribution < 1.29 is 18.3 Å². The summed E-state index contributed by atoms with van der Waals surface area (Å²) in [5.41, 5.74) is 0.513. The average molecular weight is 375 g/mol. The molecule has 2 unspecified atom stereocenters. The van der Waals surface area contributed by atoms with Gasteiger partial charge in [0.1, 0.15) is 5.69 Å². The molecule has 5 nitrogen and oxygen atoms in total. The molecule has 7 heteroatoms. The van der Waals surface area contributed by atoms with Crippen LogP contribution in [0.2, 0.25) is 0 Å². The second-order valence-electron chi connectivity index (χ2n) is 8.75. The van der Waals surface area contributed by atoms with Gasteiger partial charge in [-0.2, -0.15) is 0 Å². The van der Waals surface area contributed by atoms with E-state index in [0.29, 0.717) is 5.69 Å². The van der Waals surface area contributed by atoms with Crippen molar-refractivity contribution in [2.24, 2.45) is 5.92 Å². The first-order valence-electron chi connectivity index (χ1n) is 9.43. The normalized spacial score (nSPS) is 34.8. The van der Waals surface area contributed by atoms with E-state index in [1.807, 2.05) is 33.8 Å². The molecule has 3 fully saturated rings. The Morgan fingerprint density at radius 3 is 2.19 bits per heavy atom. The number of carbonyl (C=O) groups is 1. The van der Waals surface area contributed by atoms with E-state index in [4.69, 9.17) is 9.31 Å². The molecule has 1 aromatic heterocycles. The Balaban J connectivity index is 1.47. The Labute approximate surface area is 157 Å². The molecule has 3 aliphatic rings. The number of pyridine rings is 1. The fourth-order valence-corrected chi connectivity index (χ4v) is 6.25. The van der Waals surface area contributed by atoms with Crippen LogP contribution < -0.4 is 5.46 Å². The van der Waals surface area contributed by atoms with Gasteiger partial charge in [-0.3, -0.25) is 14.0 Å². The summed E-state index contributed by atoms with van der Waals surface area (Å²) in [4.78, 5) is 17.2. The first-order chi connectivity index (χ1) is 12.2. The summed E-state index contributed by atoms with van der Waals surface area (Å²) in [6.07, 6.45) is 5.15. The standard InChI is InChI=1S/C19H26BNO4S/c1-18(2)19(3,4)25-20(24-18)13-5-8-16(21-11-13)17(22)12-9-14-6-7-15(10-12)26(14)23/h5,8,11-12,14-15H,6-7,9-10H2,1-4H3. The van der Waals surface area contributed by atoms with Crippen molar-refractivity contribution in [1.82, 2.24) is 4.98 Å². The number of ketones is 1. The van der Waals surface area contributed by atoms with Crippen molar-refractivity contribution >= 4 is 29.2 Å². The van der Waals surface area contributed by atoms with E-state index in [0.717, 1.165) is 31.1 Å². The smallest absolute Gasteiger partial charge is 0.399 e.